The fraction of sp³-hybridized carbons (Fsp3) is 0.700. The van der Waals surface area contributed by atoms with Crippen molar-refractivity contribution in [3.63, 3.8) is 0 Å². The van der Waals surface area contributed by atoms with Crippen LogP contribution in [0.15, 0.2) is 18.2 Å². The number of rotatable bonds is 12. The Morgan fingerprint density at radius 1 is 0.714 bits per heavy atom. The first-order valence-corrected chi connectivity index (χ1v) is 9.08. The van der Waals surface area contributed by atoms with Crippen molar-refractivity contribution in [3.05, 3.63) is 29.3 Å². The average Bonchev–Trinajstić information content (AvgIpc) is 2.50. The second-order valence-corrected chi connectivity index (χ2v) is 6.29. The Bertz CT molecular complexity index is 370. The Morgan fingerprint density at radius 2 is 1.33 bits per heavy atom. The van der Waals surface area contributed by atoms with Gasteiger partial charge in [0.05, 0.1) is 0 Å². The van der Waals surface area contributed by atoms with Crippen molar-refractivity contribution < 1.29 is 5.11 Å². The zero-order chi connectivity index (χ0) is 15.3. The van der Waals surface area contributed by atoms with Crippen LogP contribution in [0.1, 0.15) is 89.2 Å². The Hall–Kier alpha value is -0.980. The zero-order valence-corrected chi connectivity index (χ0v) is 14.2. The topological polar surface area (TPSA) is 20.2 Å². The van der Waals surface area contributed by atoms with E-state index in [4.69, 9.17) is 0 Å². The van der Waals surface area contributed by atoms with Crippen LogP contribution in [-0.2, 0) is 12.8 Å². The predicted molar refractivity (Wildman–Crippen MR) is 93.0 cm³/mol. The summed E-state index contributed by atoms with van der Waals surface area (Å²) in [5.41, 5.74) is 2.53. The lowest BCUT2D eigenvalue weighted by Gasteiger charge is -2.08. The first kappa shape index (κ1) is 18.1. The van der Waals surface area contributed by atoms with Crippen LogP contribution in [0.4, 0.5) is 0 Å². The van der Waals surface area contributed by atoms with Crippen LogP contribution in [0.25, 0.3) is 0 Å². The quantitative estimate of drug-likeness (QED) is 0.440. The molecular formula is C20H34O. The van der Waals surface area contributed by atoms with Gasteiger partial charge in [-0.25, -0.2) is 0 Å². The summed E-state index contributed by atoms with van der Waals surface area (Å²) in [4.78, 5) is 0. The van der Waals surface area contributed by atoms with Crippen molar-refractivity contribution in [2.45, 2.75) is 90.9 Å². The monoisotopic (exact) mass is 290 g/mol. The Balaban J connectivity index is 2.19. The van der Waals surface area contributed by atoms with Crippen molar-refractivity contribution in [2.75, 3.05) is 0 Å². The third-order valence-electron chi connectivity index (χ3n) is 4.26. The summed E-state index contributed by atoms with van der Waals surface area (Å²) >= 11 is 0. The molecule has 0 aliphatic carbocycles. The summed E-state index contributed by atoms with van der Waals surface area (Å²) < 4.78 is 0. The molecule has 0 saturated carbocycles. The number of aryl methyl sites for hydroxylation is 2. The van der Waals surface area contributed by atoms with E-state index in [1.807, 2.05) is 6.07 Å². The molecule has 0 unspecified atom stereocenters. The van der Waals surface area contributed by atoms with Gasteiger partial charge in [-0.15, -0.1) is 0 Å². The van der Waals surface area contributed by atoms with Crippen molar-refractivity contribution in [1.82, 2.24) is 0 Å². The minimum absolute atomic E-state index is 0.475. The van der Waals surface area contributed by atoms with E-state index in [-0.39, 0.29) is 0 Å². The fourth-order valence-electron chi connectivity index (χ4n) is 2.82. The smallest absolute Gasteiger partial charge is 0.118 e. The predicted octanol–water partition coefficient (Wildman–Crippen LogP) is 6.42. The standard InChI is InChI=1S/C20H34O/c1-3-5-7-8-9-10-11-12-13-18-15-16-20(21)19(17-18)14-6-4-2/h15-17,21H,3-14H2,1-2H3. The molecule has 120 valence electrons. The van der Waals surface area contributed by atoms with Crippen molar-refractivity contribution >= 4 is 0 Å². The Kier molecular flexibility index (Phi) is 10.0. The number of hydrogen-bond donors (Lipinski definition) is 1. The third-order valence-corrected chi connectivity index (χ3v) is 4.26. The lowest BCUT2D eigenvalue weighted by atomic mass is 10.00. The van der Waals surface area contributed by atoms with Crippen LogP contribution in [0.3, 0.4) is 0 Å². The molecule has 0 radical (unpaired) electrons. The van der Waals surface area contributed by atoms with Crippen molar-refractivity contribution in [1.29, 1.82) is 0 Å². The minimum atomic E-state index is 0.475. The molecule has 0 atom stereocenters. The second-order valence-electron chi connectivity index (χ2n) is 6.29. The highest BCUT2D eigenvalue weighted by Gasteiger charge is 2.03. The highest BCUT2D eigenvalue weighted by atomic mass is 16.3. The van der Waals surface area contributed by atoms with E-state index in [2.05, 4.69) is 26.0 Å². The van der Waals surface area contributed by atoms with E-state index in [9.17, 15) is 5.11 Å². The number of phenolic OH excluding ortho intramolecular Hbond substituents is 1. The highest BCUT2D eigenvalue weighted by molar-refractivity contribution is 5.36. The minimum Gasteiger partial charge on any atom is -0.508 e. The molecule has 0 aliphatic rings. The number of hydrogen-bond acceptors (Lipinski definition) is 1. The van der Waals surface area contributed by atoms with Crippen molar-refractivity contribution in [3.8, 4) is 5.75 Å². The van der Waals surface area contributed by atoms with Crippen LogP contribution < -0.4 is 0 Å². The van der Waals surface area contributed by atoms with Crippen LogP contribution in [-0.4, -0.2) is 5.11 Å². The van der Waals surface area contributed by atoms with Gasteiger partial charge in [-0.2, -0.15) is 0 Å². The zero-order valence-electron chi connectivity index (χ0n) is 14.2. The molecule has 0 bridgehead atoms. The largest absolute Gasteiger partial charge is 0.508 e. The van der Waals surface area contributed by atoms with Gasteiger partial charge in [0, 0.05) is 0 Å². The highest BCUT2D eigenvalue weighted by Crippen LogP contribution is 2.22. The summed E-state index contributed by atoms with van der Waals surface area (Å²) in [6.07, 6.45) is 15.5. The fourth-order valence-corrected chi connectivity index (χ4v) is 2.82. The molecule has 1 aromatic rings. The van der Waals surface area contributed by atoms with Crippen LogP contribution in [0, 0.1) is 0 Å². The van der Waals surface area contributed by atoms with Crippen LogP contribution in [0.5, 0.6) is 5.75 Å². The SMILES string of the molecule is CCCCCCCCCCc1ccc(O)c(CCCC)c1. The summed E-state index contributed by atoms with van der Waals surface area (Å²) in [6, 6.07) is 6.18. The summed E-state index contributed by atoms with van der Waals surface area (Å²) in [5.74, 6) is 0.475. The molecule has 0 saturated heterocycles. The molecule has 0 aromatic heterocycles. The van der Waals surface area contributed by atoms with Gasteiger partial charge in [0.15, 0.2) is 0 Å². The van der Waals surface area contributed by atoms with Crippen LogP contribution in [0.2, 0.25) is 0 Å². The van der Waals surface area contributed by atoms with Gasteiger partial charge in [-0.1, -0.05) is 77.3 Å². The van der Waals surface area contributed by atoms with Gasteiger partial charge >= 0.3 is 0 Å². The van der Waals surface area contributed by atoms with Crippen LogP contribution >= 0.6 is 0 Å². The summed E-state index contributed by atoms with van der Waals surface area (Å²) in [7, 11) is 0. The molecule has 21 heavy (non-hydrogen) atoms. The maximum absolute atomic E-state index is 9.87. The van der Waals surface area contributed by atoms with Gasteiger partial charge in [-0.3, -0.25) is 0 Å². The summed E-state index contributed by atoms with van der Waals surface area (Å²) in [6.45, 7) is 4.47. The molecule has 0 aliphatic heterocycles. The van der Waals surface area contributed by atoms with Gasteiger partial charge in [0.25, 0.3) is 0 Å². The molecule has 1 aromatic carbocycles. The van der Waals surface area contributed by atoms with E-state index in [0.29, 0.717) is 5.75 Å². The number of aromatic hydroxyl groups is 1. The molecule has 1 nitrogen and oxygen atoms in total. The van der Waals surface area contributed by atoms with E-state index in [1.54, 1.807) is 0 Å². The third kappa shape index (κ3) is 8.14. The normalized spacial score (nSPS) is 11.0. The Labute approximate surface area is 131 Å². The number of benzene rings is 1. The first-order valence-electron chi connectivity index (χ1n) is 9.08. The molecular weight excluding hydrogens is 256 g/mol. The summed E-state index contributed by atoms with van der Waals surface area (Å²) in [5, 5.41) is 9.87. The molecule has 0 spiro atoms. The van der Waals surface area contributed by atoms with E-state index in [1.165, 1.54) is 63.4 Å². The van der Waals surface area contributed by atoms with Gasteiger partial charge in [-0.05, 0) is 42.9 Å². The van der Waals surface area contributed by atoms with E-state index in [0.717, 1.165) is 24.8 Å². The van der Waals surface area contributed by atoms with Gasteiger partial charge in [0.2, 0.25) is 0 Å². The lowest BCUT2D eigenvalue weighted by Crippen LogP contribution is -1.91. The molecule has 0 heterocycles. The molecule has 0 fully saturated rings. The van der Waals surface area contributed by atoms with Crippen molar-refractivity contribution in [2.24, 2.45) is 0 Å². The van der Waals surface area contributed by atoms with Gasteiger partial charge in [0.1, 0.15) is 5.75 Å². The number of phenols is 1. The second kappa shape index (κ2) is 11.7. The average molecular weight is 290 g/mol. The van der Waals surface area contributed by atoms with Gasteiger partial charge < -0.3 is 5.11 Å². The molecule has 1 heteroatoms. The maximum atomic E-state index is 9.87. The maximum Gasteiger partial charge on any atom is 0.118 e. The van der Waals surface area contributed by atoms with E-state index < -0.39 is 0 Å². The molecule has 1 N–H and O–H groups in total. The molecule has 0 amide bonds. The lowest BCUT2D eigenvalue weighted by molar-refractivity contribution is 0.466. The number of unbranched alkanes of at least 4 members (excludes halogenated alkanes) is 8. The first-order chi connectivity index (χ1) is 10.3. The molecule has 1 rings (SSSR count). The van der Waals surface area contributed by atoms with E-state index >= 15 is 0 Å². The Morgan fingerprint density at radius 3 is 2.00 bits per heavy atom.